The molecule has 1 unspecified atom stereocenters. The number of nitro groups is 1. The van der Waals surface area contributed by atoms with Crippen molar-refractivity contribution >= 4 is 27.7 Å². The van der Waals surface area contributed by atoms with E-state index in [1.165, 1.54) is 0 Å². The maximum atomic E-state index is 10.8. The Hall–Kier alpha value is -1.24. The summed E-state index contributed by atoms with van der Waals surface area (Å²) in [6.07, 6.45) is 1.08. The Morgan fingerprint density at radius 2 is 2.33 bits per heavy atom. The number of nitrogens with one attached hydrogen (secondary N) is 2. The molecule has 0 saturated carbocycles. The van der Waals surface area contributed by atoms with Gasteiger partial charge in [0, 0.05) is 6.08 Å². The lowest BCUT2D eigenvalue weighted by molar-refractivity contribution is -0.415. The van der Waals surface area contributed by atoms with Crippen molar-refractivity contribution in [3.8, 4) is 0 Å². The lowest BCUT2D eigenvalue weighted by Gasteiger charge is -2.12. The van der Waals surface area contributed by atoms with Crippen molar-refractivity contribution in [1.29, 1.82) is 5.41 Å². The summed E-state index contributed by atoms with van der Waals surface area (Å²) >= 11 is 2.90. The fraction of sp³-hybridized carbons (Fsp3) is 0.200. The minimum absolute atomic E-state index is 0.392. The van der Waals surface area contributed by atoms with Crippen LogP contribution in [0.2, 0.25) is 0 Å². The van der Waals surface area contributed by atoms with Gasteiger partial charge < -0.3 is 5.32 Å². The van der Waals surface area contributed by atoms with E-state index < -0.39 is 27.2 Å². The molecule has 0 fully saturated rings. The van der Waals surface area contributed by atoms with Crippen LogP contribution in [0.15, 0.2) is 11.8 Å². The molecule has 0 aromatic rings. The third-order valence-electron chi connectivity index (χ3n) is 1.26. The van der Waals surface area contributed by atoms with E-state index in [1.54, 1.807) is 0 Å². The lowest BCUT2D eigenvalue weighted by Crippen LogP contribution is -2.42. The molecule has 1 amide bonds. The molecule has 0 radical (unpaired) electrons. The molecule has 0 aromatic carbocycles. The monoisotopic (exact) mass is 233 g/mol. The first-order valence-corrected chi connectivity index (χ1v) is 3.84. The van der Waals surface area contributed by atoms with E-state index >= 15 is 0 Å². The largest absolute Gasteiger partial charge is 0.308 e. The van der Waals surface area contributed by atoms with Gasteiger partial charge in [-0.2, -0.15) is 0 Å². The van der Waals surface area contributed by atoms with E-state index in [2.05, 4.69) is 15.9 Å². The Morgan fingerprint density at radius 1 is 1.75 bits per heavy atom. The number of amides is 1. The van der Waals surface area contributed by atoms with Crippen LogP contribution < -0.4 is 5.32 Å². The van der Waals surface area contributed by atoms with E-state index in [0.29, 0.717) is 0 Å². The number of rotatable bonds is 1. The van der Waals surface area contributed by atoms with Gasteiger partial charge in [0.05, 0.1) is 4.92 Å². The van der Waals surface area contributed by atoms with Gasteiger partial charge in [0.15, 0.2) is 0 Å². The highest BCUT2D eigenvalue weighted by molar-refractivity contribution is 9.10. The van der Waals surface area contributed by atoms with Gasteiger partial charge in [-0.1, -0.05) is 15.9 Å². The molecule has 7 heteroatoms. The number of hydrogen-bond donors (Lipinski definition) is 2. The average Bonchev–Trinajstić information content (AvgIpc) is 1.96. The predicted molar refractivity (Wildman–Crippen MR) is 43.7 cm³/mol. The molecule has 6 nitrogen and oxygen atoms in total. The van der Waals surface area contributed by atoms with Gasteiger partial charge >= 0.3 is 5.70 Å². The van der Waals surface area contributed by atoms with Crippen LogP contribution in [0.3, 0.4) is 0 Å². The number of halogens is 1. The van der Waals surface area contributed by atoms with Crippen molar-refractivity contribution < 1.29 is 9.72 Å². The van der Waals surface area contributed by atoms with Gasteiger partial charge in [0.1, 0.15) is 4.83 Å². The standard InChI is InChI=1S/C5H4BrN3O3/c6-2-1-3(9(11)12)4(7)8-5(2)10/h1-2H,(H2,7,8,10). The van der Waals surface area contributed by atoms with Gasteiger partial charge in [0.25, 0.3) is 0 Å². The molecule has 64 valence electrons. The second-order valence-electron chi connectivity index (χ2n) is 2.08. The molecule has 1 atom stereocenters. The van der Waals surface area contributed by atoms with Crippen molar-refractivity contribution in [2.75, 3.05) is 0 Å². The van der Waals surface area contributed by atoms with Gasteiger partial charge in [-0.3, -0.25) is 20.3 Å². The van der Waals surface area contributed by atoms with Crippen molar-refractivity contribution in [3.05, 3.63) is 21.9 Å². The fourth-order valence-electron chi connectivity index (χ4n) is 0.706. The maximum Gasteiger partial charge on any atom is 0.308 e. The average molecular weight is 234 g/mol. The number of amidine groups is 1. The first-order valence-electron chi connectivity index (χ1n) is 2.92. The van der Waals surface area contributed by atoms with Crippen LogP contribution in [0.5, 0.6) is 0 Å². The quantitative estimate of drug-likeness (QED) is 0.380. The summed E-state index contributed by atoms with van der Waals surface area (Å²) < 4.78 is 0. The third kappa shape index (κ3) is 1.50. The van der Waals surface area contributed by atoms with Gasteiger partial charge in [-0.05, 0) is 0 Å². The summed E-state index contributed by atoms with van der Waals surface area (Å²) in [5.41, 5.74) is -0.392. The van der Waals surface area contributed by atoms with E-state index in [9.17, 15) is 14.9 Å². The summed E-state index contributed by atoms with van der Waals surface area (Å²) in [6.45, 7) is 0. The van der Waals surface area contributed by atoms with Crippen LogP contribution in [-0.2, 0) is 4.79 Å². The van der Waals surface area contributed by atoms with Crippen LogP contribution >= 0.6 is 15.9 Å². The molecule has 12 heavy (non-hydrogen) atoms. The zero-order chi connectivity index (χ0) is 9.30. The van der Waals surface area contributed by atoms with Gasteiger partial charge in [0.2, 0.25) is 11.7 Å². The summed E-state index contributed by atoms with van der Waals surface area (Å²) in [5.74, 6) is -0.939. The zero-order valence-electron chi connectivity index (χ0n) is 5.70. The topological polar surface area (TPSA) is 96.1 Å². The fourth-order valence-corrected chi connectivity index (χ4v) is 1.07. The van der Waals surface area contributed by atoms with Crippen molar-refractivity contribution in [2.24, 2.45) is 0 Å². The van der Waals surface area contributed by atoms with Crippen molar-refractivity contribution in [2.45, 2.75) is 4.83 Å². The zero-order valence-corrected chi connectivity index (χ0v) is 7.29. The predicted octanol–water partition coefficient (Wildman–Crippen LogP) is 0.0176. The molecular weight excluding hydrogens is 230 g/mol. The summed E-state index contributed by atoms with van der Waals surface area (Å²) in [5, 5.41) is 19.3. The molecule has 0 bridgehead atoms. The van der Waals surface area contributed by atoms with Crippen LogP contribution in [0.25, 0.3) is 0 Å². The molecule has 0 spiro atoms. The highest BCUT2D eigenvalue weighted by Gasteiger charge is 2.29. The van der Waals surface area contributed by atoms with Gasteiger partial charge in [-0.25, -0.2) is 0 Å². The molecule has 2 N–H and O–H groups in total. The van der Waals surface area contributed by atoms with Crippen LogP contribution in [0.4, 0.5) is 0 Å². The number of alkyl halides is 1. The van der Waals surface area contributed by atoms with Gasteiger partial charge in [-0.15, -0.1) is 0 Å². The highest BCUT2D eigenvalue weighted by atomic mass is 79.9. The Kier molecular flexibility index (Phi) is 2.22. The summed E-state index contributed by atoms with van der Waals surface area (Å²) in [7, 11) is 0. The van der Waals surface area contributed by atoms with E-state index in [0.717, 1.165) is 6.08 Å². The minimum atomic E-state index is -0.730. The molecule has 0 aliphatic carbocycles. The molecular formula is C5H4BrN3O3. The Bertz CT molecular complexity index is 298. The molecule has 0 aromatic heterocycles. The molecule has 1 rings (SSSR count). The Balaban J connectivity index is 3.01. The van der Waals surface area contributed by atoms with E-state index in [-0.39, 0.29) is 0 Å². The summed E-state index contributed by atoms with van der Waals surface area (Å²) in [6, 6.07) is 0. The van der Waals surface area contributed by atoms with Crippen LogP contribution in [0, 0.1) is 15.5 Å². The number of nitrogens with zero attached hydrogens (tertiary/aromatic N) is 1. The maximum absolute atomic E-state index is 10.8. The second kappa shape index (κ2) is 3.02. The number of hydrogen-bond acceptors (Lipinski definition) is 4. The smallest absolute Gasteiger partial charge is 0.304 e. The molecule has 1 aliphatic heterocycles. The molecule has 0 saturated heterocycles. The summed E-state index contributed by atoms with van der Waals surface area (Å²) in [4.78, 5) is 19.6. The first kappa shape index (κ1) is 8.85. The normalized spacial score (nSPS) is 23.1. The minimum Gasteiger partial charge on any atom is -0.304 e. The molecule has 1 heterocycles. The van der Waals surface area contributed by atoms with Crippen molar-refractivity contribution in [1.82, 2.24) is 5.32 Å². The lowest BCUT2D eigenvalue weighted by atomic mass is 10.2. The Labute approximate surface area is 75.4 Å². The highest BCUT2D eigenvalue weighted by Crippen LogP contribution is 2.11. The van der Waals surface area contributed by atoms with Crippen LogP contribution in [0.1, 0.15) is 0 Å². The number of carbonyl (C=O) groups excluding carboxylic acids is 1. The van der Waals surface area contributed by atoms with Crippen molar-refractivity contribution in [3.63, 3.8) is 0 Å². The van der Waals surface area contributed by atoms with E-state index in [4.69, 9.17) is 5.41 Å². The SMILES string of the molecule is N=C1NC(=O)C(Br)C=C1[N+](=O)[O-]. The number of carbonyl (C=O) groups is 1. The first-order chi connectivity index (χ1) is 5.52. The molecule has 1 aliphatic rings. The Morgan fingerprint density at radius 3 is 2.83 bits per heavy atom. The third-order valence-corrected chi connectivity index (χ3v) is 1.94. The van der Waals surface area contributed by atoms with E-state index in [1.807, 2.05) is 5.32 Å². The van der Waals surface area contributed by atoms with Crippen LogP contribution in [-0.4, -0.2) is 21.5 Å². The second-order valence-corrected chi connectivity index (χ2v) is 3.06.